The van der Waals surface area contributed by atoms with Crippen LogP contribution in [0, 0.1) is 17.6 Å². The van der Waals surface area contributed by atoms with Crippen molar-refractivity contribution in [3.63, 3.8) is 0 Å². The van der Waals surface area contributed by atoms with Crippen LogP contribution in [0.2, 0.25) is 0 Å². The highest BCUT2D eigenvalue weighted by atomic mass is 19.1. The molecule has 0 unspecified atom stereocenters. The van der Waals surface area contributed by atoms with Crippen LogP contribution in [0.1, 0.15) is 49.7 Å². The zero-order valence-electron chi connectivity index (χ0n) is 19.1. The average molecular weight is 445 g/mol. The van der Waals surface area contributed by atoms with E-state index in [2.05, 4.69) is 4.90 Å². The number of rotatable bonds is 9. The molecule has 4 nitrogen and oxygen atoms in total. The molecule has 1 aliphatic heterocycles. The molecule has 1 fully saturated rings. The number of amides is 1. The molecule has 6 heteroatoms. The summed E-state index contributed by atoms with van der Waals surface area (Å²) in [6.45, 7) is 2.61. The van der Waals surface area contributed by atoms with Gasteiger partial charge in [-0.2, -0.15) is 0 Å². The summed E-state index contributed by atoms with van der Waals surface area (Å²) in [5.41, 5.74) is -0.512. The van der Waals surface area contributed by atoms with Crippen molar-refractivity contribution in [2.24, 2.45) is 5.92 Å². The van der Waals surface area contributed by atoms with E-state index in [0.29, 0.717) is 17.5 Å². The Balaban J connectivity index is 1.62. The molecule has 0 saturated carbocycles. The quantitative estimate of drug-likeness (QED) is 0.577. The van der Waals surface area contributed by atoms with Crippen LogP contribution in [0.15, 0.2) is 48.5 Å². The van der Waals surface area contributed by atoms with E-state index in [1.807, 2.05) is 0 Å². The summed E-state index contributed by atoms with van der Waals surface area (Å²) in [6.07, 6.45) is 5.00. The fourth-order valence-corrected chi connectivity index (χ4v) is 4.68. The van der Waals surface area contributed by atoms with Crippen molar-refractivity contribution < 1.29 is 18.7 Å². The first-order chi connectivity index (χ1) is 15.3. The first kappa shape index (κ1) is 24.3. The normalized spacial score (nSPS) is 15.7. The fraction of sp³-hybridized carbons (Fsp3) is 0.500. The van der Waals surface area contributed by atoms with Gasteiger partial charge in [-0.15, -0.1) is 0 Å². The van der Waals surface area contributed by atoms with Crippen molar-refractivity contribution in [2.75, 3.05) is 33.7 Å². The van der Waals surface area contributed by atoms with E-state index >= 15 is 0 Å². The molecule has 1 heterocycles. The Morgan fingerprint density at radius 2 is 1.56 bits per heavy atom. The van der Waals surface area contributed by atoms with Crippen molar-refractivity contribution in [2.45, 2.75) is 44.1 Å². The Labute approximate surface area is 189 Å². The third kappa shape index (κ3) is 5.93. The van der Waals surface area contributed by atoms with Crippen LogP contribution in [0.3, 0.4) is 0 Å². The molecule has 1 saturated heterocycles. The second kappa shape index (κ2) is 11.0. The maximum Gasteiger partial charge on any atom is 0.222 e. The van der Waals surface area contributed by atoms with Crippen molar-refractivity contribution in [1.82, 2.24) is 9.80 Å². The van der Waals surface area contributed by atoms with E-state index in [1.54, 1.807) is 43.3 Å². The topological polar surface area (TPSA) is 43.8 Å². The number of benzene rings is 2. The largest absolute Gasteiger partial charge is 0.380 e. The van der Waals surface area contributed by atoms with Crippen LogP contribution in [0.25, 0.3) is 0 Å². The van der Waals surface area contributed by atoms with Crippen LogP contribution < -0.4 is 0 Å². The molecule has 1 N–H and O–H groups in total. The first-order valence-corrected chi connectivity index (χ1v) is 11.5. The number of likely N-dealkylation sites (tertiary alicyclic amines) is 1. The highest BCUT2D eigenvalue weighted by molar-refractivity contribution is 5.75. The van der Waals surface area contributed by atoms with E-state index in [0.717, 1.165) is 51.7 Å². The molecule has 0 spiro atoms. The van der Waals surface area contributed by atoms with E-state index < -0.39 is 17.2 Å². The average Bonchev–Trinajstić information content (AvgIpc) is 2.78. The summed E-state index contributed by atoms with van der Waals surface area (Å²) in [6, 6.07) is 12.0. The maximum absolute atomic E-state index is 14.0. The van der Waals surface area contributed by atoms with Crippen LogP contribution >= 0.6 is 0 Å². The monoisotopic (exact) mass is 444 g/mol. The Kier molecular flexibility index (Phi) is 8.38. The lowest BCUT2D eigenvalue weighted by atomic mass is 9.72. The summed E-state index contributed by atoms with van der Waals surface area (Å²) in [7, 11) is 3.56. The number of piperidine rings is 1. The number of aliphatic hydroxyl groups is 1. The highest BCUT2D eigenvalue weighted by Gasteiger charge is 2.42. The molecule has 174 valence electrons. The lowest BCUT2D eigenvalue weighted by Crippen LogP contribution is -2.44. The minimum absolute atomic E-state index is 0.139. The van der Waals surface area contributed by atoms with E-state index in [9.17, 15) is 18.7 Å². The number of hydrogen-bond donors (Lipinski definition) is 1. The van der Waals surface area contributed by atoms with Crippen LogP contribution in [0.5, 0.6) is 0 Å². The summed E-state index contributed by atoms with van der Waals surface area (Å²) >= 11 is 0. The van der Waals surface area contributed by atoms with Gasteiger partial charge >= 0.3 is 0 Å². The number of nitrogens with zero attached hydrogens (tertiary/aromatic N) is 2. The Morgan fingerprint density at radius 3 is 2.06 bits per heavy atom. The summed E-state index contributed by atoms with van der Waals surface area (Å²) in [5.74, 6) is -0.801. The molecule has 2 aromatic rings. The number of halogens is 2. The lowest BCUT2D eigenvalue weighted by Gasteiger charge is -2.42. The van der Waals surface area contributed by atoms with Gasteiger partial charge in [-0.3, -0.25) is 4.79 Å². The molecule has 1 amide bonds. The van der Waals surface area contributed by atoms with Crippen molar-refractivity contribution >= 4 is 5.91 Å². The molecule has 0 bridgehead atoms. The predicted molar refractivity (Wildman–Crippen MR) is 122 cm³/mol. The van der Waals surface area contributed by atoms with E-state index in [1.165, 1.54) is 24.3 Å². The van der Waals surface area contributed by atoms with Crippen molar-refractivity contribution in [1.29, 1.82) is 0 Å². The van der Waals surface area contributed by atoms with Crippen LogP contribution in [-0.4, -0.2) is 54.5 Å². The maximum atomic E-state index is 14.0. The Bertz CT molecular complexity index is 849. The van der Waals surface area contributed by atoms with Gasteiger partial charge < -0.3 is 14.9 Å². The smallest absolute Gasteiger partial charge is 0.222 e. The van der Waals surface area contributed by atoms with E-state index in [-0.39, 0.29) is 11.8 Å². The predicted octanol–water partition coefficient (Wildman–Crippen LogP) is 4.56. The Hall–Kier alpha value is -2.31. The number of carbonyl (C=O) groups is 1. The van der Waals surface area contributed by atoms with Gasteiger partial charge in [-0.1, -0.05) is 30.7 Å². The zero-order chi connectivity index (χ0) is 23.1. The van der Waals surface area contributed by atoms with Gasteiger partial charge in [0.25, 0.3) is 0 Å². The second-order valence-corrected chi connectivity index (χ2v) is 9.00. The fourth-order valence-electron chi connectivity index (χ4n) is 4.68. The minimum atomic E-state index is -1.44. The molecule has 2 aromatic carbocycles. The van der Waals surface area contributed by atoms with Gasteiger partial charge in [0.05, 0.1) is 0 Å². The van der Waals surface area contributed by atoms with Crippen molar-refractivity contribution in [3.8, 4) is 0 Å². The van der Waals surface area contributed by atoms with Crippen molar-refractivity contribution in [3.05, 3.63) is 71.3 Å². The zero-order valence-corrected chi connectivity index (χ0v) is 19.1. The van der Waals surface area contributed by atoms with Gasteiger partial charge in [0.2, 0.25) is 5.91 Å². The van der Waals surface area contributed by atoms with Gasteiger partial charge in [0.15, 0.2) is 0 Å². The standard InChI is InChI=1S/C26H34F2N2O2/c1-29(2)25(31)12-4-3-5-15-30-16-13-20(14-17-30)26(32,21-8-6-10-23(27)18-21)22-9-7-11-24(28)19-22/h6-11,18-20,32H,3-5,12-17H2,1-2H3. The first-order valence-electron chi connectivity index (χ1n) is 11.5. The van der Waals surface area contributed by atoms with Crippen LogP contribution in [-0.2, 0) is 10.4 Å². The third-order valence-corrected chi connectivity index (χ3v) is 6.57. The molecule has 1 aliphatic rings. The molecule has 0 radical (unpaired) electrons. The number of hydrogen-bond acceptors (Lipinski definition) is 3. The van der Waals surface area contributed by atoms with Gasteiger partial charge in [0, 0.05) is 20.5 Å². The molecule has 0 atom stereocenters. The molecule has 3 rings (SSSR count). The Morgan fingerprint density at radius 1 is 1.00 bits per heavy atom. The van der Waals surface area contributed by atoms with Crippen LogP contribution in [0.4, 0.5) is 8.78 Å². The van der Waals surface area contributed by atoms with E-state index in [4.69, 9.17) is 0 Å². The molecule has 32 heavy (non-hydrogen) atoms. The molecule has 0 aliphatic carbocycles. The summed E-state index contributed by atoms with van der Waals surface area (Å²) < 4.78 is 28.0. The molecular weight excluding hydrogens is 410 g/mol. The van der Waals surface area contributed by atoms with Gasteiger partial charge in [-0.05, 0) is 86.6 Å². The highest BCUT2D eigenvalue weighted by Crippen LogP contribution is 2.42. The van der Waals surface area contributed by atoms with Gasteiger partial charge in [-0.25, -0.2) is 8.78 Å². The number of carbonyl (C=O) groups excluding carboxylic acids is 1. The molecular formula is C26H34F2N2O2. The SMILES string of the molecule is CN(C)C(=O)CCCCCN1CCC(C(O)(c2cccc(F)c2)c2cccc(F)c2)CC1. The summed E-state index contributed by atoms with van der Waals surface area (Å²) in [4.78, 5) is 15.7. The molecule has 0 aromatic heterocycles. The van der Waals surface area contributed by atoms with Gasteiger partial charge in [0.1, 0.15) is 17.2 Å². The summed E-state index contributed by atoms with van der Waals surface area (Å²) in [5, 5.41) is 11.9. The lowest BCUT2D eigenvalue weighted by molar-refractivity contribution is -0.128. The second-order valence-electron chi connectivity index (χ2n) is 9.00. The minimum Gasteiger partial charge on any atom is -0.380 e. The number of unbranched alkanes of at least 4 members (excludes halogenated alkanes) is 2. The third-order valence-electron chi connectivity index (χ3n) is 6.57.